The maximum absolute atomic E-state index is 12.0. The number of benzene rings is 1. The van der Waals surface area contributed by atoms with Gasteiger partial charge >= 0.3 is 0 Å². The number of sulfonamides is 1. The van der Waals surface area contributed by atoms with Crippen molar-refractivity contribution < 1.29 is 8.42 Å². The molecule has 1 aromatic carbocycles. The van der Waals surface area contributed by atoms with Crippen LogP contribution in [-0.2, 0) is 30.2 Å². The van der Waals surface area contributed by atoms with Crippen LogP contribution in [0.2, 0.25) is 5.02 Å². The van der Waals surface area contributed by atoms with E-state index in [4.69, 9.17) is 11.6 Å². The second-order valence-electron chi connectivity index (χ2n) is 6.14. The number of halogens is 1. The Bertz CT molecular complexity index is 908. The smallest absolute Gasteiger partial charge is 0.240 e. The number of guanidine groups is 1. The molecule has 0 saturated carbocycles. The molecule has 0 spiro atoms. The van der Waals surface area contributed by atoms with Crippen LogP contribution in [0.1, 0.15) is 18.2 Å². The monoisotopic (exact) mass is 411 g/mol. The Hall–Kier alpha value is -2.03. The Kier molecular flexibility index (Phi) is 7.29. The molecule has 0 aliphatic heterocycles. The number of hydrogen-bond donors (Lipinski definition) is 2. The molecular formula is C18H26ClN5O2S. The molecule has 0 aliphatic rings. The van der Waals surface area contributed by atoms with Crippen LogP contribution in [0.15, 0.2) is 46.4 Å². The van der Waals surface area contributed by atoms with E-state index in [-0.39, 0.29) is 4.90 Å². The summed E-state index contributed by atoms with van der Waals surface area (Å²) >= 11 is 6.06. The number of nitrogens with one attached hydrogen (secondary N) is 2. The molecule has 0 bridgehead atoms. The third-order valence-corrected chi connectivity index (χ3v) is 5.68. The van der Waals surface area contributed by atoms with Crippen LogP contribution in [0.4, 0.5) is 0 Å². The van der Waals surface area contributed by atoms with Crippen LogP contribution >= 0.6 is 11.6 Å². The number of hydrogen-bond acceptors (Lipinski definition) is 3. The largest absolute Gasteiger partial charge is 0.357 e. The third kappa shape index (κ3) is 5.72. The second kappa shape index (κ2) is 9.25. The van der Waals surface area contributed by atoms with E-state index in [2.05, 4.69) is 15.0 Å². The predicted octanol–water partition coefficient (Wildman–Crippen LogP) is 2.18. The van der Waals surface area contributed by atoms with Crippen LogP contribution in [-0.4, -0.2) is 44.5 Å². The van der Waals surface area contributed by atoms with Gasteiger partial charge in [0.15, 0.2) is 5.96 Å². The summed E-state index contributed by atoms with van der Waals surface area (Å²) in [4.78, 5) is 6.87. The van der Waals surface area contributed by atoms with Crippen molar-refractivity contribution in [2.75, 3.05) is 20.6 Å². The highest BCUT2D eigenvalue weighted by molar-refractivity contribution is 7.89. The summed E-state index contributed by atoms with van der Waals surface area (Å²) in [7, 11) is 1.83. The Balaban J connectivity index is 2.17. The van der Waals surface area contributed by atoms with E-state index in [1.807, 2.05) is 48.8 Å². The number of aliphatic imine (C=N–C) groups is 1. The topological polar surface area (TPSA) is 78.7 Å². The molecule has 0 radical (unpaired) electrons. The lowest BCUT2D eigenvalue weighted by atomic mass is 10.2. The highest BCUT2D eigenvalue weighted by atomic mass is 35.5. The molecule has 0 unspecified atom stereocenters. The molecule has 0 fully saturated rings. The van der Waals surface area contributed by atoms with E-state index >= 15 is 0 Å². The van der Waals surface area contributed by atoms with Crippen molar-refractivity contribution >= 4 is 27.6 Å². The van der Waals surface area contributed by atoms with Gasteiger partial charge in [-0.1, -0.05) is 23.7 Å². The van der Waals surface area contributed by atoms with Gasteiger partial charge in [0.2, 0.25) is 10.0 Å². The molecule has 0 aliphatic carbocycles. The van der Waals surface area contributed by atoms with Gasteiger partial charge in [-0.15, -0.1) is 0 Å². The summed E-state index contributed by atoms with van der Waals surface area (Å²) in [5, 5.41) is 3.96. The molecule has 2 N–H and O–H groups in total. The fourth-order valence-corrected chi connectivity index (χ4v) is 3.68. The number of aromatic nitrogens is 1. The van der Waals surface area contributed by atoms with Gasteiger partial charge in [0.05, 0.1) is 23.0 Å². The first-order valence-corrected chi connectivity index (χ1v) is 10.5. The van der Waals surface area contributed by atoms with Crippen molar-refractivity contribution in [2.24, 2.45) is 12.0 Å². The zero-order valence-corrected chi connectivity index (χ0v) is 17.6. The Labute approximate surface area is 166 Å². The van der Waals surface area contributed by atoms with Crippen molar-refractivity contribution in [2.45, 2.75) is 24.9 Å². The summed E-state index contributed by atoms with van der Waals surface area (Å²) < 4.78 is 28.2. The minimum Gasteiger partial charge on any atom is -0.357 e. The summed E-state index contributed by atoms with van der Waals surface area (Å²) in [5.41, 5.74) is 1.88. The van der Waals surface area contributed by atoms with Crippen molar-refractivity contribution in [1.82, 2.24) is 19.5 Å². The molecule has 1 aromatic heterocycles. The quantitative estimate of drug-likeness (QED) is 0.540. The van der Waals surface area contributed by atoms with Crippen molar-refractivity contribution in [3.63, 3.8) is 0 Å². The molecule has 2 aromatic rings. The SMILES string of the molecule is CCNC(=NCc1cccc(S(=O)(=O)NC)c1)N(C)Cc1cc(Cl)cn1C. The Morgan fingerprint density at radius 2 is 2.07 bits per heavy atom. The highest BCUT2D eigenvalue weighted by Gasteiger charge is 2.12. The van der Waals surface area contributed by atoms with Crippen LogP contribution in [0.5, 0.6) is 0 Å². The average Bonchev–Trinajstić information content (AvgIpc) is 2.95. The van der Waals surface area contributed by atoms with Crippen LogP contribution < -0.4 is 10.0 Å². The van der Waals surface area contributed by atoms with Crippen molar-refractivity contribution in [1.29, 1.82) is 0 Å². The zero-order chi connectivity index (χ0) is 20.0. The van der Waals surface area contributed by atoms with E-state index in [1.165, 1.54) is 7.05 Å². The maximum Gasteiger partial charge on any atom is 0.240 e. The first-order chi connectivity index (χ1) is 12.8. The standard InChI is InChI=1S/C18H26ClN5O2S/c1-5-21-18(24(4)13-16-10-15(19)12-23(16)3)22-11-14-7-6-8-17(9-14)27(25,26)20-2/h6-10,12,20H,5,11,13H2,1-4H3,(H,21,22). The van der Waals surface area contributed by atoms with Gasteiger partial charge in [-0.2, -0.15) is 0 Å². The number of nitrogens with zero attached hydrogens (tertiary/aromatic N) is 3. The zero-order valence-electron chi connectivity index (χ0n) is 16.0. The molecule has 7 nitrogen and oxygen atoms in total. The van der Waals surface area contributed by atoms with Crippen molar-refractivity contribution in [3.8, 4) is 0 Å². The summed E-state index contributed by atoms with van der Waals surface area (Å²) in [6.07, 6.45) is 1.86. The van der Waals surface area contributed by atoms with Crippen LogP contribution in [0.25, 0.3) is 0 Å². The summed E-state index contributed by atoms with van der Waals surface area (Å²) in [6, 6.07) is 8.70. The first kappa shape index (κ1) is 21.3. The van der Waals surface area contributed by atoms with Gasteiger partial charge in [0, 0.05) is 32.5 Å². The van der Waals surface area contributed by atoms with Crippen LogP contribution in [0, 0.1) is 0 Å². The minimum atomic E-state index is -3.47. The number of aryl methyl sites for hydroxylation is 1. The fourth-order valence-electron chi connectivity index (χ4n) is 2.61. The molecule has 2 rings (SSSR count). The lowest BCUT2D eigenvalue weighted by Gasteiger charge is -2.22. The van der Waals surface area contributed by atoms with Gasteiger partial charge in [-0.3, -0.25) is 0 Å². The van der Waals surface area contributed by atoms with E-state index < -0.39 is 10.0 Å². The van der Waals surface area contributed by atoms with Crippen LogP contribution in [0.3, 0.4) is 0 Å². The molecule has 27 heavy (non-hydrogen) atoms. The molecule has 0 atom stereocenters. The predicted molar refractivity (Wildman–Crippen MR) is 109 cm³/mol. The van der Waals surface area contributed by atoms with E-state index in [0.29, 0.717) is 18.1 Å². The third-order valence-electron chi connectivity index (χ3n) is 4.06. The fraction of sp³-hybridized carbons (Fsp3) is 0.389. The van der Waals surface area contributed by atoms with E-state index in [1.54, 1.807) is 18.2 Å². The maximum atomic E-state index is 12.0. The Morgan fingerprint density at radius 3 is 2.67 bits per heavy atom. The lowest BCUT2D eigenvalue weighted by molar-refractivity contribution is 0.462. The van der Waals surface area contributed by atoms with Gasteiger partial charge in [-0.25, -0.2) is 18.1 Å². The lowest BCUT2D eigenvalue weighted by Crippen LogP contribution is -2.38. The molecular weight excluding hydrogens is 386 g/mol. The van der Waals surface area contributed by atoms with Gasteiger partial charge in [-0.05, 0) is 37.7 Å². The Morgan fingerprint density at radius 1 is 1.33 bits per heavy atom. The summed E-state index contributed by atoms with van der Waals surface area (Å²) in [6.45, 7) is 3.74. The van der Waals surface area contributed by atoms with Gasteiger partial charge in [0.1, 0.15) is 0 Å². The number of rotatable bonds is 7. The second-order valence-corrected chi connectivity index (χ2v) is 8.46. The van der Waals surface area contributed by atoms with Crippen molar-refractivity contribution in [3.05, 3.63) is 52.8 Å². The van der Waals surface area contributed by atoms with E-state index in [0.717, 1.165) is 23.8 Å². The molecule has 0 saturated heterocycles. The normalized spacial score (nSPS) is 12.3. The summed E-state index contributed by atoms with van der Waals surface area (Å²) in [5.74, 6) is 0.733. The van der Waals surface area contributed by atoms with E-state index in [9.17, 15) is 8.42 Å². The van der Waals surface area contributed by atoms with Gasteiger partial charge in [0.25, 0.3) is 0 Å². The average molecular weight is 412 g/mol. The first-order valence-electron chi connectivity index (χ1n) is 8.59. The molecule has 1 heterocycles. The minimum absolute atomic E-state index is 0.231. The molecule has 9 heteroatoms. The molecule has 0 amide bonds. The molecule has 148 valence electrons. The highest BCUT2D eigenvalue weighted by Crippen LogP contribution is 2.15. The van der Waals surface area contributed by atoms with Gasteiger partial charge < -0.3 is 14.8 Å².